The van der Waals surface area contributed by atoms with E-state index in [-0.39, 0.29) is 10.8 Å². The summed E-state index contributed by atoms with van der Waals surface area (Å²) in [5.74, 6) is -0.211. The highest BCUT2D eigenvalue weighted by Gasteiger charge is 2.17. The lowest BCUT2D eigenvalue weighted by atomic mass is 10.3. The van der Waals surface area contributed by atoms with Gasteiger partial charge in [0.15, 0.2) is 9.84 Å². The number of hydrogen-bond acceptors (Lipinski definition) is 4. The van der Waals surface area contributed by atoms with Gasteiger partial charge in [0.25, 0.3) is 0 Å². The van der Waals surface area contributed by atoms with E-state index >= 15 is 0 Å². The molecule has 0 saturated carbocycles. The zero-order chi connectivity index (χ0) is 13.3. The average molecular weight is 273 g/mol. The third-order valence-corrected chi connectivity index (χ3v) is 4.39. The van der Waals surface area contributed by atoms with Crippen LogP contribution in [0.3, 0.4) is 0 Å². The minimum Gasteiger partial charge on any atom is -0.229 e. The molecule has 0 bridgehead atoms. The van der Waals surface area contributed by atoms with E-state index in [1.54, 1.807) is 42.5 Å². The SMILES string of the molecule is O=S(=O)(Cn1nnc2ccccc21)c1ccccc1. The molecule has 19 heavy (non-hydrogen) atoms. The van der Waals surface area contributed by atoms with Gasteiger partial charge < -0.3 is 0 Å². The zero-order valence-electron chi connectivity index (χ0n) is 9.97. The average Bonchev–Trinajstić information content (AvgIpc) is 2.83. The van der Waals surface area contributed by atoms with Crippen LogP contribution in [0.1, 0.15) is 0 Å². The number of sulfone groups is 1. The fourth-order valence-corrected chi connectivity index (χ4v) is 3.11. The number of hydrogen-bond donors (Lipinski definition) is 0. The summed E-state index contributed by atoms with van der Waals surface area (Å²) in [6.07, 6.45) is 0. The number of fused-ring (bicyclic) bond motifs is 1. The molecule has 0 N–H and O–H groups in total. The van der Waals surface area contributed by atoms with Crippen LogP contribution in [-0.4, -0.2) is 23.4 Å². The molecule has 0 aliphatic carbocycles. The van der Waals surface area contributed by atoms with Gasteiger partial charge in [0.1, 0.15) is 11.4 Å². The highest BCUT2D eigenvalue weighted by atomic mass is 32.2. The Morgan fingerprint density at radius 2 is 1.63 bits per heavy atom. The predicted molar refractivity (Wildman–Crippen MR) is 71.2 cm³/mol. The van der Waals surface area contributed by atoms with E-state index in [1.807, 2.05) is 12.1 Å². The van der Waals surface area contributed by atoms with Crippen molar-refractivity contribution >= 4 is 20.9 Å². The first kappa shape index (κ1) is 11.9. The van der Waals surface area contributed by atoms with Crippen molar-refractivity contribution in [1.29, 1.82) is 0 Å². The summed E-state index contributed by atoms with van der Waals surface area (Å²) in [6, 6.07) is 15.6. The molecule has 0 aliphatic rings. The number of para-hydroxylation sites is 1. The van der Waals surface area contributed by atoms with Gasteiger partial charge in [0, 0.05) is 0 Å². The van der Waals surface area contributed by atoms with Crippen LogP contribution in [0.2, 0.25) is 0 Å². The maximum absolute atomic E-state index is 12.3. The first-order chi connectivity index (χ1) is 9.17. The van der Waals surface area contributed by atoms with Crippen molar-refractivity contribution in [1.82, 2.24) is 15.0 Å². The van der Waals surface area contributed by atoms with E-state index < -0.39 is 9.84 Å². The van der Waals surface area contributed by atoms with Crippen molar-refractivity contribution in [2.45, 2.75) is 10.8 Å². The second-order valence-corrected chi connectivity index (χ2v) is 6.09. The lowest BCUT2D eigenvalue weighted by molar-refractivity contribution is 0.574. The Morgan fingerprint density at radius 1 is 0.947 bits per heavy atom. The van der Waals surface area contributed by atoms with Gasteiger partial charge in [-0.25, -0.2) is 13.1 Å². The Labute approximate surface area is 110 Å². The van der Waals surface area contributed by atoms with Crippen molar-refractivity contribution in [2.75, 3.05) is 0 Å². The molecular formula is C13H11N3O2S. The quantitative estimate of drug-likeness (QED) is 0.730. The zero-order valence-corrected chi connectivity index (χ0v) is 10.8. The lowest BCUT2D eigenvalue weighted by Gasteiger charge is -2.04. The molecule has 0 atom stereocenters. The van der Waals surface area contributed by atoms with Gasteiger partial charge in [0.05, 0.1) is 10.4 Å². The largest absolute Gasteiger partial charge is 0.229 e. The Bertz CT molecular complexity index is 810. The fraction of sp³-hybridized carbons (Fsp3) is 0.0769. The molecule has 0 radical (unpaired) electrons. The van der Waals surface area contributed by atoms with Gasteiger partial charge in [-0.3, -0.25) is 0 Å². The molecule has 0 spiro atoms. The summed E-state index contributed by atoms with van der Waals surface area (Å²) < 4.78 is 25.9. The summed E-state index contributed by atoms with van der Waals surface area (Å²) in [4.78, 5) is 0.287. The molecule has 1 heterocycles. The monoisotopic (exact) mass is 273 g/mol. The number of nitrogens with zero attached hydrogens (tertiary/aromatic N) is 3. The smallest absolute Gasteiger partial charge is 0.198 e. The Kier molecular flexibility index (Phi) is 2.79. The topological polar surface area (TPSA) is 64.8 Å². The summed E-state index contributed by atoms with van der Waals surface area (Å²) in [7, 11) is -3.41. The summed E-state index contributed by atoms with van der Waals surface area (Å²) in [5.41, 5.74) is 1.40. The van der Waals surface area contributed by atoms with Crippen LogP contribution < -0.4 is 0 Å². The van der Waals surface area contributed by atoms with Crippen molar-refractivity contribution in [3.8, 4) is 0 Å². The second-order valence-electron chi connectivity index (χ2n) is 4.13. The van der Waals surface area contributed by atoms with Crippen LogP contribution >= 0.6 is 0 Å². The van der Waals surface area contributed by atoms with Crippen LogP contribution in [0.4, 0.5) is 0 Å². The first-order valence-electron chi connectivity index (χ1n) is 5.73. The maximum Gasteiger partial charge on any atom is 0.198 e. The molecule has 0 saturated heterocycles. The number of benzene rings is 2. The molecule has 2 aromatic carbocycles. The van der Waals surface area contributed by atoms with E-state index in [4.69, 9.17) is 0 Å². The second kappa shape index (κ2) is 4.47. The third-order valence-electron chi connectivity index (χ3n) is 2.81. The highest BCUT2D eigenvalue weighted by Crippen LogP contribution is 2.15. The number of aromatic nitrogens is 3. The van der Waals surface area contributed by atoms with Gasteiger partial charge in [-0.15, -0.1) is 5.10 Å². The summed E-state index contributed by atoms with van der Waals surface area (Å²) in [6.45, 7) is 0. The van der Waals surface area contributed by atoms with Crippen molar-refractivity contribution < 1.29 is 8.42 Å². The van der Waals surface area contributed by atoms with Crippen LogP contribution in [0.5, 0.6) is 0 Å². The molecule has 3 rings (SSSR count). The molecular weight excluding hydrogens is 262 g/mol. The van der Waals surface area contributed by atoms with Gasteiger partial charge in [-0.1, -0.05) is 35.5 Å². The normalized spacial score (nSPS) is 11.8. The van der Waals surface area contributed by atoms with E-state index in [2.05, 4.69) is 10.3 Å². The Balaban J connectivity index is 2.02. The van der Waals surface area contributed by atoms with Crippen LogP contribution in [0.25, 0.3) is 11.0 Å². The van der Waals surface area contributed by atoms with Crippen molar-refractivity contribution in [2.24, 2.45) is 0 Å². The van der Waals surface area contributed by atoms with Crippen LogP contribution in [0.15, 0.2) is 59.5 Å². The molecule has 0 aliphatic heterocycles. The molecule has 1 aromatic heterocycles. The van der Waals surface area contributed by atoms with E-state index in [0.717, 1.165) is 0 Å². The van der Waals surface area contributed by atoms with Crippen LogP contribution in [0, 0.1) is 0 Å². The molecule has 5 nitrogen and oxygen atoms in total. The summed E-state index contributed by atoms with van der Waals surface area (Å²) >= 11 is 0. The molecule has 6 heteroatoms. The van der Waals surface area contributed by atoms with Gasteiger partial charge in [-0.05, 0) is 24.3 Å². The Hall–Kier alpha value is -2.21. The molecule has 0 unspecified atom stereocenters. The minimum atomic E-state index is -3.41. The minimum absolute atomic E-state index is 0.211. The Morgan fingerprint density at radius 3 is 2.42 bits per heavy atom. The van der Waals surface area contributed by atoms with Crippen LogP contribution in [-0.2, 0) is 15.7 Å². The van der Waals surface area contributed by atoms with E-state index in [9.17, 15) is 8.42 Å². The third kappa shape index (κ3) is 2.22. The van der Waals surface area contributed by atoms with Crippen molar-refractivity contribution in [3.63, 3.8) is 0 Å². The number of rotatable bonds is 3. The lowest BCUT2D eigenvalue weighted by Crippen LogP contribution is -2.12. The van der Waals surface area contributed by atoms with E-state index in [0.29, 0.717) is 11.0 Å². The first-order valence-corrected chi connectivity index (χ1v) is 7.38. The fourth-order valence-electron chi connectivity index (χ4n) is 1.88. The molecule has 96 valence electrons. The highest BCUT2D eigenvalue weighted by molar-refractivity contribution is 7.90. The maximum atomic E-state index is 12.3. The molecule has 3 aromatic rings. The van der Waals surface area contributed by atoms with Crippen molar-refractivity contribution in [3.05, 3.63) is 54.6 Å². The van der Waals surface area contributed by atoms with E-state index in [1.165, 1.54) is 4.68 Å². The standard InChI is InChI=1S/C13H11N3O2S/c17-19(18,11-6-2-1-3-7-11)10-16-13-9-5-4-8-12(13)14-15-16/h1-9H,10H2. The summed E-state index contributed by atoms with van der Waals surface area (Å²) in [5, 5.41) is 7.84. The van der Waals surface area contributed by atoms with Gasteiger partial charge >= 0.3 is 0 Å². The molecule has 0 amide bonds. The molecule has 0 fully saturated rings. The predicted octanol–water partition coefficient (Wildman–Crippen LogP) is 1.86. The van der Waals surface area contributed by atoms with Gasteiger partial charge in [-0.2, -0.15) is 0 Å². The van der Waals surface area contributed by atoms with Gasteiger partial charge in [0.2, 0.25) is 0 Å².